The Hall–Kier alpha value is -1.25. The largest absolute Gasteiger partial charge is 0.334 e. The average Bonchev–Trinajstić information content (AvgIpc) is 2.04. The summed E-state index contributed by atoms with van der Waals surface area (Å²) in [6.07, 6.45) is 6.22. The molecule has 1 aliphatic heterocycles. The third-order valence-corrected chi connectivity index (χ3v) is 1.97. The van der Waals surface area contributed by atoms with Crippen molar-refractivity contribution in [2.24, 2.45) is 0 Å². The molecule has 0 fully saturated rings. The van der Waals surface area contributed by atoms with Gasteiger partial charge in [0, 0.05) is 12.2 Å². The summed E-state index contributed by atoms with van der Waals surface area (Å²) in [4.78, 5) is 10.8. The Bertz CT molecular complexity index is 253. The number of urea groups is 1. The molecule has 2 rings (SSSR count). The third-order valence-electron chi connectivity index (χ3n) is 1.97. The number of rotatable bonds is 0. The molecule has 0 radical (unpaired) electrons. The van der Waals surface area contributed by atoms with E-state index in [1.807, 2.05) is 0 Å². The second kappa shape index (κ2) is 2.42. The number of hydrogen-bond acceptors (Lipinski definition) is 1. The Kier molecular flexibility index (Phi) is 1.42. The van der Waals surface area contributed by atoms with Gasteiger partial charge in [0.15, 0.2) is 0 Å². The van der Waals surface area contributed by atoms with Gasteiger partial charge in [-0.25, -0.2) is 4.79 Å². The minimum absolute atomic E-state index is 0.0703. The number of carbonyl (C=O) groups is 1. The van der Waals surface area contributed by atoms with Crippen LogP contribution in [0.15, 0.2) is 23.4 Å². The van der Waals surface area contributed by atoms with Crippen molar-refractivity contribution in [3.63, 3.8) is 0 Å². The Morgan fingerprint density at radius 2 is 2.36 bits per heavy atom. The van der Waals surface area contributed by atoms with E-state index >= 15 is 0 Å². The van der Waals surface area contributed by atoms with E-state index in [-0.39, 0.29) is 6.03 Å². The van der Waals surface area contributed by atoms with Crippen LogP contribution in [0.2, 0.25) is 0 Å². The first-order valence-electron chi connectivity index (χ1n) is 3.80. The quantitative estimate of drug-likeness (QED) is 0.529. The van der Waals surface area contributed by atoms with E-state index in [9.17, 15) is 4.79 Å². The van der Waals surface area contributed by atoms with Crippen molar-refractivity contribution in [2.45, 2.75) is 12.8 Å². The highest BCUT2D eigenvalue weighted by atomic mass is 16.2. The van der Waals surface area contributed by atoms with Gasteiger partial charge in [-0.05, 0) is 18.4 Å². The Balaban J connectivity index is 2.26. The Morgan fingerprint density at radius 3 is 3.27 bits per heavy atom. The molecule has 2 amide bonds. The van der Waals surface area contributed by atoms with Crippen LogP contribution >= 0.6 is 0 Å². The number of carbonyl (C=O) groups excluding carboxylic acids is 1. The van der Waals surface area contributed by atoms with Crippen LogP contribution in [0, 0.1) is 0 Å². The molecule has 0 bridgehead atoms. The fraction of sp³-hybridized carbons (Fsp3) is 0.375. The van der Waals surface area contributed by atoms with Crippen molar-refractivity contribution in [2.75, 3.05) is 6.54 Å². The lowest BCUT2D eigenvalue weighted by Gasteiger charge is -2.22. The van der Waals surface area contributed by atoms with Gasteiger partial charge in [0.25, 0.3) is 0 Å². The molecule has 58 valence electrons. The molecule has 1 aliphatic carbocycles. The zero-order chi connectivity index (χ0) is 7.68. The molecule has 0 aromatic heterocycles. The summed E-state index contributed by atoms with van der Waals surface area (Å²) in [6.45, 7) is 0.678. The van der Waals surface area contributed by atoms with Gasteiger partial charge >= 0.3 is 6.03 Å². The summed E-state index contributed by atoms with van der Waals surface area (Å²) < 4.78 is 0. The van der Waals surface area contributed by atoms with E-state index in [2.05, 4.69) is 22.8 Å². The molecule has 0 atom stereocenters. The molecular formula is C8H10N2O. The number of hydrogen-bond donors (Lipinski definition) is 2. The fourth-order valence-corrected chi connectivity index (χ4v) is 1.38. The minimum atomic E-state index is -0.0703. The van der Waals surface area contributed by atoms with E-state index in [1.165, 1.54) is 5.57 Å². The molecule has 2 N–H and O–H groups in total. The highest BCUT2D eigenvalue weighted by Gasteiger charge is 2.15. The predicted molar refractivity (Wildman–Crippen MR) is 41.9 cm³/mol. The first-order valence-corrected chi connectivity index (χ1v) is 3.80. The molecule has 2 aliphatic rings. The summed E-state index contributed by atoms with van der Waals surface area (Å²) >= 11 is 0. The molecule has 0 spiro atoms. The van der Waals surface area contributed by atoms with Crippen LogP contribution in [-0.4, -0.2) is 12.6 Å². The summed E-state index contributed by atoms with van der Waals surface area (Å²) in [6, 6.07) is -0.0703. The highest BCUT2D eigenvalue weighted by molar-refractivity contribution is 5.78. The molecule has 0 saturated carbocycles. The van der Waals surface area contributed by atoms with Gasteiger partial charge in [0.05, 0.1) is 0 Å². The maximum atomic E-state index is 10.8. The summed E-state index contributed by atoms with van der Waals surface area (Å²) in [5.74, 6) is 0. The number of amides is 2. The minimum Gasteiger partial charge on any atom is -0.334 e. The van der Waals surface area contributed by atoms with E-state index in [4.69, 9.17) is 0 Å². The van der Waals surface area contributed by atoms with Crippen molar-refractivity contribution in [1.29, 1.82) is 0 Å². The Morgan fingerprint density at radius 1 is 1.45 bits per heavy atom. The summed E-state index contributed by atoms with van der Waals surface area (Å²) in [5.41, 5.74) is 2.31. The molecular weight excluding hydrogens is 140 g/mol. The van der Waals surface area contributed by atoms with Crippen molar-refractivity contribution >= 4 is 6.03 Å². The van der Waals surface area contributed by atoms with Gasteiger partial charge in [-0.15, -0.1) is 0 Å². The van der Waals surface area contributed by atoms with Crippen molar-refractivity contribution in [1.82, 2.24) is 10.6 Å². The molecule has 11 heavy (non-hydrogen) atoms. The van der Waals surface area contributed by atoms with E-state index in [0.29, 0.717) is 6.54 Å². The van der Waals surface area contributed by atoms with Crippen LogP contribution in [0.1, 0.15) is 12.8 Å². The lowest BCUT2D eigenvalue weighted by Crippen LogP contribution is -2.42. The lowest BCUT2D eigenvalue weighted by molar-refractivity contribution is 0.242. The molecule has 0 unspecified atom stereocenters. The SMILES string of the molecule is O=C1NCC2=C(CCC=C2)N1. The molecule has 0 aromatic rings. The monoisotopic (exact) mass is 150 g/mol. The second-order valence-electron chi connectivity index (χ2n) is 2.75. The van der Waals surface area contributed by atoms with Crippen LogP contribution < -0.4 is 10.6 Å². The average molecular weight is 150 g/mol. The van der Waals surface area contributed by atoms with E-state index < -0.39 is 0 Å². The topological polar surface area (TPSA) is 41.1 Å². The molecule has 3 nitrogen and oxygen atoms in total. The van der Waals surface area contributed by atoms with Crippen LogP contribution in [0.3, 0.4) is 0 Å². The van der Waals surface area contributed by atoms with Gasteiger partial charge in [-0.3, -0.25) is 0 Å². The van der Waals surface area contributed by atoms with Crippen LogP contribution in [0.5, 0.6) is 0 Å². The maximum absolute atomic E-state index is 10.8. The number of nitrogens with one attached hydrogen (secondary N) is 2. The molecule has 0 aromatic carbocycles. The van der Waals surface area contributed by atoms with Crippen molar-refractivity contribution in [3.8, 4) is 0 Å². The smallest absolute Gasteiger partial charge is 0.319 e. The highest BCUT2D eigenvalue weighted by Crippen LogP contribution is 2.17. The summed E-state index contributed by atoms with van der Waals surface area (Å²) in [5, 5.41) is 5.52. The second-order valence-corrected chi connectivity index (χ2v) is 2.75. The van der Waals surface area contributed by atoms with E-state index in [1.54, 1.807) is 0 Å². The summed E-state index contributed by atoms with van der Waals surface area (Å²) in [7, 11) is 0. The number of allylic oxidation sites excluding steroid dienone is 2. The zero-order valence-corrected chi connectivity index (χ0v) is 6.18. The normalized spacial score (nSPS) is 22.4. The first kappa shape index (κ1) is 6.46. The fourth-order valence-electron chi connectivity index (χ4n) is 1.38. The molecule has 0 saturated heterocycles. The molecule has 3 heteroatoms. The predicted octanol–water partition coefficient (Wildman–Crippen LogP) is 0.903. The Labute approximate surface area is 65.2 Å². The third kappa shape index (κ3) is 1.13. The van der Waals surface area contributed by atoms with Crippen molar-refractivity contribution in [3.05, 3.63) is 23.4 Å². The van der Waals surface area contributed by atoms with Crippen LogP contribution in [0.4, 0.5) is 4.79 Å². The van der Waals surface area contributed by atoms with E-state index in [0.717, 1.165) is 18.5 Å². The lowest BCUT2D eigenvalue weighted by atomic mass is 10.0. The van der Waals surface area contributed by atoms with Gasteiger partial charge in [0.1, 0.15) is 0 Å². The van der Waals surface area contributed by atoms with Gasteiger partial charge in [-0.2, -0.15) is 0 Å². The standard InChI is InChI=1S/C8H10N2O/c11-8-9-5-6-3-1-2-4-7(6)10-8/h1,3H,2,4-5H2,(H2,9,10,11). The van der Waals surface area contributed by atoms with Crippen LogP contribution in [-0.2, 0) is 0 Å². The van der Waals surface area contributed by atoms with Gasteiger partial charge in [-0.1, -0.05) is 12.2 Å². The zero-order valence-electron chi connectivity index (χ0n) is 6.18. The molecule has 1 heterocycles. The van der Waals surface area contributed by atoms with Gasteiger partial charge in [0.2, 0.25) is 0 Å². The first-order chi connectivity index (χ1) is 5.36. The maximum Gasteiger partial charge on any atom is 0.319 e. The van der Waals surface area contributed by atoms with Crippen LogP contribution in [0.25, 0.3) is 0 Å². The van der Waals surface area contributed by atoms with Crippen molar-refractivity contribution < 1.29 is 4.79 Å². The van der Waals surface area contributed by atoms with Gasteiger partial charge < -0.3 is 10.6 Å².